The third kappa shape index (κ3) is 6.21. The molecular formula is C17H22O. The van der Waals surface area contributed by atoms with Crippen molar-refractivity contribution >= 4 is 0 Å². The third-order valence-electron chi connectivity index (χ3n) is 2.50. The number of hydrogen-bond donors (Lipinski definition) is 0. The van der Waals surface area contributed by atoms with E-state index in [4.69, 9.17) is 4.74 Å². The fourth-order valence-electron chi connectivity index (χ4n) is 1.63. The Kier molecular flexibility index (Phi) is 7.58. The Morgan fingerprint density at radius 3 is 1.33 bits per heavy atom. The van der Waals surface area contributed by atoms with Gasteiger partial charge in [0.05, 0.1) is 0 Å². The molecule has 1 nitrogen and oxygen atoms in total. The third-order valence-corrected chi connectivity index (χ3v) is 2.50. The lowest BCUT2D eigenvalue weighted by Crippen LogP contribution is -1.85. The minimum Gasteiger partial charge on any atom is -0.382 e. The predicted octanol–water partition coefficient (Wildman–Crippen LogP) is 4.32. The van der Waals surface area contributed by atoms with Gasteiger partial charge in [0.2, 0.25) is 0 Å². The number of ether oxygens (including phenoxy) is 1. The predicted molar refractivity (Wildman–Crippen MR) is 77.9 cm³/mol. The first kappa shape index (κ1) is 14.5. The summed E-state index contributed by atoms with van der Waals surface area (Å²) in [5.41, 5.74) is 2.74. The van der Waals surface area contributed by atoms with E-state index in [0.717, 1.165) is 19.6 Å². The van der Waals surface area contributed by atoms with Crippen molar-refractivity contribution in [3.63, 3.8) is 0 Å². The fraction of sp³-hybridized carbons (Fsp3) is 0.294. The van der Waals surface area contributed by atoms with Crippen LogP contribution in [0.1, 0.15) is 25.0 Å². The Labute approximate surface area is 110 Å². The van der Waals surface area contributed by atoms with Gasteiger partial charge in [0.1, 0.15) is 0 Å². The lowest BCUT2D eigenvalue weighted by Gasteiger charge is -2.00. The van der Waals surface area contributed by atoms with Gasteiger partial charge in [0.15, 0.2) is 0 Å². The summed E-state index contributed by atoms with van der Waals surface area (Å²) in [6.07, 6.45) is 1.03. The molecule has 0 bridgehead atoms. The van der Waals surface area contributed by atoms with Crippen LogP contribution in [0.4, 0.5) is 0 Å². The maximum atomic E-state index is 4.83. The SMILES string of the molecule is CCOCC.c1ccc(Cc2ccccc2)cc1. The molecule has 0 saturated carbocycles. The maximum Gasteiger partial charge on any atom is 0.0437 e. The van der Waals surface area contributed by atoms with Gasteiger partial charge in [-0.2, -0.15) is 0 Å². The van der Waals surface area contributed by atoms with Crippen molar-refractivity contribution < 1.29 is 4.74 Å². The van der Waals surface area contributed by atoms with E-state index in [2.05, 4.69) is 60.7 Å². The van der Waals surface area contributed by atoms with E-state index >= 15 is 0 Å². The molecule has 0 aromatic heterocycles. The van der Waals surface area contributed by atoms with Gasteiger partial charge in [-0.05, 0) is 31.4 Å². The molecule has 0 radical (unpaired) electrons. The molecular weight excluding hydrogens is 220 g/mol. The summed E-state index contributed by atoms with van der Waals surface area (Å²) in [6, 6.07) is 21.1. The Hall–Kier alpha value is -1.60. The highest BCUT2D eigenvalue weighted by molar-refractivity contribution is 5.25. The zero-order chi connectivity index (χ0) is 13.1. The monoisotopic (exact) mass is 242 g/mol. The second kappa shape index (κ2) is 9.43. The summed E-state index contributed by atoms with van der Waals surface area (Å²) >= 11 is 0. The lowest BCUT2D eigenvalue weighted by molar-refractivity contribution is 0.162. The molecule has 0 spiro atoms. The smallest absolute Gasteiger partial charge is 0.0437 e. The van der Waals surface area contributed by atoms with Crippen LogP contribution in [0.2, 0.25) is 0 Å². The van der Waals surface area contributed by atoms with Crippen LogP contribution < -0.4 is 0 Å². The average molecular weight is 242 g/mol. The molecule has 18 heavy (non-hydrogen) atoms. The zero-order valence-corrected chi connectivity index (χ0v) is 11.3. The molecule has 0 N–H and O–H groups in total. The highest BCUT2D eigenvalue weighted by Crippen LogP contribution is 2.07. The first-order chi connectivity index (χ1) is 8.86. The highest BCUT2D eigenvalue weighted by atomic mass is 16.5. The summed E-state index contributed by atoms with van der Waals surface area (Å²) in [7, 11) is 0. The molecule has 0 amide bonds. The van der Waals surface area contributed by atoms with Gasteiger partial charge >= 0.3 is 0 Å². The van der Waals surface area contributed by atoms with Gasteiger partial charge in [0.25, 0.3) is 0 Å². The quantitative estimate of drug-likeness (QED) is 0.776. The van der Waals surface area contributed by atoms with E-state index in [1.165, 1.54) is 11.1 Å². The molecule has 2 rings (SSSR count). The lowest BCUT2D eigenvalue weighted by atomic mass is 10.1. The molecule has 0 aliphatic rings. The van der Waals surface area contributed by atoms with Crippen LogP contribution in [0.3, 0.4) is 0 Å². The van der Waals surface area contributed by atoms with Crippen LogP contribution in [-0.4, -0.2) is 13.2 Å². The molecule has 96 valence electrons. The molecule has 0 heterocycles. The second-order valence-electron chi connectivity index (χ2n) is 3.93. The summed E-state index contributed by atoms with van der Waals surface area (Å²) in [4.78, 5) is 0. The first-order valence-corrected chi connectivity index (χ1v) is 6.52. The van der Waals surface area contributed by atoms with Crippen LogP contribution in [0.25, 0.3) is 0 Å². The fourth-order valence-corrected chi connectivity index (χ4v) is 1.63. The van der Waals surface area contributed by atoms with Gasteiger partial charge in [-0.1, -0.05) is 60.7 Å². The molecule has 0 unspecified atom stereocenters. The van der Waals surface area contributed by atoms with Crippen molar-refractivity contribution in [3.8, 4) is 0 Å². The molecule has 0 aliphatic heterocycles. The summed E-state index contributed by atoms with van der Waals surface area (Å²) in [5, 5.41) is 0. The molecule has 0 fully saturated rings. The molecule has 0 saturated heterocycles. The van der Waals surface area contributed by atoms with Crippen molar-refractivity contribution in [2.75, 3.05) is 13.2 Å². The van der Waals surface area contributed by atoms with Crippen LogP contribution in [0, 0.1) is 0 Å². The molecule has 2 aromatic rings. The van der Waals surface area contributed by atoms with Crippen LogP contribution in [-0.2, 0) is 11.2 Å². The average Bonchev–Trinajstić information content (AvgIpc) is 2.43. The number of hydrogen-bond acceptors (Lipinski definition) is 1. The Bertz CT molecular complexity index is 355. The van der Waals surface area contributed by atoms with Crippen molar-refractivity contribution in [2.45, 2.75) is 20.3 Å². The summed E-state index contributed by atoms with van der Waals surface area (Å²) < 4.78 is 4.83. The van der Waals surface area contributed by atoms with Crippen molar-refractivity contribution in [1.29, 1.82) is 0 Å². The highest BCUT2D eigenvalue weighted by Gasteiger charge is 1.92. The van der Waals surface area contributed by atoms with Gasteiger partial charge in [-0.3, -0.25) is 0 Å². The van der Waals surface area contributed by atoms with E-state index in [9.17, 15) is 0 Å². The first-order valence-electron chi connectivity index (χ1n) is 6.52. The Morgan fingerprint density at radius 2 is 1.06 bits per heavy atom. The summed E-state index contributed by atoms with van der Waals surface area (Å²) in [5.74, 6) is 0. The van der Waals surface area contributed by atoms with Gasteiger partial charge in [0, 0.05) is 13.2 Å². The second-order valence-corrected chi connectivity index (χ2v) is 3.93. The number of benzene rings is 2. The van der Waals surface area contributed by atoms with Crippen molar-refractivity contribution in [1.82, 2.24) is 0 Å². The molecule has 0 aliphatic carbocycles. The molecule has 1 heteroatoms. The van der Waals surface area contributed by atoms with E-state index in [1.54, 1.807) is 0 Å². The standard InChI is InChI=1S/C13H12.C4H10O/c1-3-7-12(8-4-1)11-13-9-5-2-6-10-13;1-3-5-4-2/h1-10H,11H2;3-4H2,1-2H3. The van der Waals surface area contributed by atoms with Crippen LogP contribution in [0.5, 0.6) is 0 Å². The van der Waals surface area contributed by atoms with Gasteiger partial charge in [-0.25, -0.2) is 0 Å². The van der Waals surface area contributed by atoms with Crippen LogP contribution in [0.15, 0.2) is 60.7 Å². The minimum absolute atomic E-state index is 0.844. The Morgan fingerprint density at radius 1 is 0.667 bits per heavy atom. The maximum absolute atomic E-state index is 4.83. The topological polar surface area (TPSA) is 9.23 Å². The zero-order valence-electron chi connectivity index (χ0n) is 11.3. The summed E-state index contributed by atoms with van der Waals surface area (Å²) in [6.45, 7) is 5.67. The van der Waals surface area contributed by atoms with E-state index in [1.807, 2.05) is 13.8 Å². The largest absolute Gasteiger partial charge is 0.382 e. The number of rotatable bonds is 4. The van der Waals surface area contributed by atoms with Gasteiger partial charge < -0.3 is 4.74 Å². The minimum atomic E-state index is 0.844. The normalized spacial score (nSPS) is 9.44. The van der Waals surface area contributed by atoms with E-state index in [0.29, 0.717) is 0 Å². The van der Waals surface area contributed by atoms with E-state index in [-0.39, 0.29) is 0 Å². The van der Waals surface area contributed by atoms with Crippen molar-refractivity contribution in [3.05, 3.63) is 71.8 Å². The van der Waals surface area contributed by atoms with Crippen molar-refractivity contribution in [2.24, 2.45) is 0 Å². The van der Waals surface area contributed by atoms with Crippen LogP contribution >= 0.6 is 0 Å². The Balaban J connectivity index is 0.000000280. The molecule has 0 atom stereocenters. The molecule has 2 aromatic carbocycles. The van der Waals surface area contributed by atoms with E-state index < -0.39 is 0 Å². The van der Waals surface area contributed by atoms with Gasteiger partial charge in [-0.15, -0.1) is 0 Å².